The molecule has 1 unspecified atom stereocenters. The average molecular weight is 349 g/mol. The molecule has 0 bridgehead atoms. The van der Waals surface area contributed by atoms with Crippen LogP contribution in [0.4, 0.5) is 0 Å². The third kappa shape index (κ3) is 3.62. The zero-order valence-corrected chi connectivity index (χ0v) is 14.8. The molecule has 1 atom stereocenters. The van der Waals surface area contributed by atoms with Gasteiger partial charge in [-0.1, -0.05) is 60.7 Å². The van der Waals surface area contributed by atoms with E-state index >= 15 is 0 Å². The van der Waals surface area contributed by atoms with E-state index in [4.69, 9.17) is 12.2 Å². The van der Waals surface area contributed by atoms with E-state index in [0.29, 0.717) is 4.77 Å². The van der Waals surface area contributed by atoms with Crippen LogP contribution in [0.1, 0.15) is 12.0 Å². The summed E-state index contributed by atoms with van der Waals surface area (Å²) in [6, 6.07) is 20.8. The van der Waals surface area contributed by atoms with Crippen molar-refractivity contribution in [1.82, 2.24) is 14.8 Å². The number of rotatable bonds is 4. The predicted molar refractivity (Wildman–Crippen MR) is 103 cm³/mol. The van der Waals surface area contributed by atoms with Crippen molar-refractivity contribution < 1.29 is 4.90 Å². The van der Waals surface area contributed by atoms with Crippen LogP contribution in [-0.2, 0) is 6.67 Å². The van der Waals surface area contributed by atoms with Crippen LogP contribution in [0.25, 0.3) is 17.0 Å². The molecule has 3 aromatic rings. The fraction of sp³-hybridized carbons (Fsp3) is 0.200. The van der Waals surface area contributed by atoms with Crippen molar-refractivity contribution in [2.75, 3.05) is 13.1 Å². The fourth-order valence-electron chi connectivity index (χ4n) is 3.25. The van der Waals surface area contributed by atoms with E-state index in [9.17, 15) is 0 Å². The van der Waals surface area contributed by atoms with Gasteiger partial charge in [0.15, 0.2) is 12.5 Å². The Morgan fingerprint density at radius 3 is 2.32 bits per heavy atom. The highest BCUT2D eigenvalue weighted by Crippen LogP contribution is 2.18. The Bertz CT molecular complexity index is 925. The second-order valence-electron chi connectivity index (χ2n) is 6.36. The van der Waals surface area contributed by atoms with E-state index in [0.717, 1.165) is 37.6 Å². The lowest BCUT2D eigenvalue weighted by atomic mass is 10.00. The SMILES string of the molecule is S=c1nc(-c2ccccc2)[nH]n1C[NH+]1CC=C(c2ccccc2)CC1. The predicted octanol–water partition coefficient (Wildman–Crippen LogP) is 2.94. The molecular formula is C20H21N4S+. The van der Waals surface area contributed by atoms with Gasteiger partial charge in [0.05, 0.1) is 13.1 Å². The van der Waals surface area contributed by atoms with Gasteiger partial charge in [-0.05, 0) is 29.4 Å². The van der Waals surface area contributed by atoms with E-state index in [1.807, 2.05) is 35.0 Å². The van der Waals surface area contributed by atoms with E-state index in [-0.39, 0.29) is 0 Å². The molecule has 5 heteroatoms. The molecule has 0 amide bonds. The molecule has 1 aliphatic heterocycles. The molecule has 0 spiro atoms. The number of nitrogens with one attached hydrogen (secondary N) is 2. The van der Waals surface area contributed by atoms with Crippen molar-refractivity contribution in [2.45, 2.75) is 13.1 Å². The zero-order valence-electron chi connectivity index (χ0n) is 14.0. The number of H-pyrrole nitrogens is 1. The molecule has 0 saturated carbocycles. The van der Waals surface area contributed by atoms with Crippen LogP contribution < -0.4 is 4.90 Å². The summed E-state index contributed by atoms with van der Waals surface area (Å²) in [5.41, 5.74) is 3.85. The Labute approximate surface area is 152 Å². The highest BCUT2D eigenvalue weighted by molar-refractivity contribution is 7.71. The molecule has 25 heavy (non-hydrogen) atoms. The van der Waals surface area contributed by atoms with Crippen molar-refractivity contribution in [2.24, 2.45) is 0 Å². The minimum Gasteiger partial charge on any atom is -0.313 e. The van der Waals surface area contributed by atoms with Crippen LogP contribution in [0, 0.1) is 4.77 Å². The van der Waals surface area contributed by atoms with Gasteiger partial charge >= 0.3 is 0 Å². The minimum atomic E-state index is 0.615. The van der Waals surface area contributed by atoms with Gasteiger partial charge in [-0.3, -0.25) is 5.10 Å². The van der Waals surface area contributed by atoms with Gasteiger partial charge in [0.25, 0.3) is 0 Å². The maximum Gasteiger partial charge on any atom is 0.221 e. The second-order valence-corrected chi connectivity index (χ2v) is 6.72. The molecule has 2 aromatic carbocycles. The van der Waals surface area contributed by atoms with Crippen molar-refractivity contribution in [3.05, 3.63) is 77.1 Å². The molecule has 126 valence electrons. The van der Waals surface area contributed by atoms with Crippen LogP contribution in [0.5, 0.6) is 0 Å². The van der Waals surface area contributed by atoms with Crippen LogP contribution >= 0.6 is 12.2 Å². The molecule has 1 aliphatic rings. The maximum atomic E-state index is 5.43. The number of hydrogen-bond donors (Lipinski definition) is 2. The first-order chi connectivity index (χ1) is 12.3. The normalized spacial score (nSPS) is 17.3. The topological polar surface area (TPSA) is 38.0 Å². The van der Waals surface area contributed by atoms with Crippen LogP contribution in [-0.4, -0.2) is 27.9 Å². The Kier molecular flexibility index (Phi) is 4.59. The molecule has 0 saturated heterocycles. The second kappa shape index (κ2) is 7.17. The third-order valence-corrected chi connectivity index (χ3v) is 4.95. The molecule has 2 heterocycles. The molecule has 0 aliphatic carbocycles. The maximum absolute atomic E-state index is 5.43. The quantitative estimate of drug-likeness (QED) is 0.711. The van der Waals surface area contributed by atoms with Crippen molar-refractivity contribution in [1.29, 1.82) is 0 Å². The Balaban J connectivity index is 1.46. The number of aromatic amines is 1. The summed E-state index contributed by atoms with van der Waals surface area (Å²) in [4.78, 5) is 5.99. The number of nitrogens with zero attached hydrogens (tertiary/aromatic N) is 2. The van der Waals surface area contributed by atoms with Crippen molar-refractivity contribution in [3.8, 4) is 11.4 Å². The summed E-state index contributed by atoms with van der Waals surface area (Å²) in [7, 11) is 0. The summed E-state index contributed by atoms with van der Waals surface area (Å²) in [6.45, 7) is 2.92. The van der Waals surface area contributed by atoms with Gasteiger partial charge in [0, 0.05) is 12.0 Å². The summed E-state index contributed by atoms with van der Waals surface area (Å²) < 4.78 is 2.60. The highest BCUT2D eigenvalue weighted by atomic mass is 32.1. The molecule has 4 rings (SSSR count). The summed E-state index contributed by atoms with van der Waals surface area (Å²) >= 11 is 5.43. The zero-order chi connectivity index (χ0) is 17.1. The Morgan fingerprint density at radius 2 is 1.68 bits per heavy atom. The lowest BCUT2D eigenvalue weighted by Gasteiger charge is -2.23. The first kappa shape index (κ1) is 16.0. The van der Waals surface area contributed by atoms with Gasteiger partial charge < -0.3 is 4.90 Å². The van der Waals surface area contributed by atoms with Crippen molar-refractivity contribution >= 4 is 17.8 Å². The molecular weight excluding hydrogens is 328 g/mol. The van der Waals surface area contributed by atoms with Crippen LogP contribution in [0.2, 0.25) is 0 Å². The number of quaternary nitrogens is 1. The Hall–Kier alpha value is -2.50. The van der Waals surface area contributed by atoms with Gasteiger partial charge in [-0.15, -0.1) is 0 Å². The van der Waals surface area contributed by atoms with Gasteiger partial charge in [0.1, 0.15) is 0 Å². The van der Waals surface area contributed by atoms with Crippen LogP contribution in [0.3, 0.4) is 0 Å². The van der Waals surface area contributed by atoms with E-state index in [1.54, 1.807) is 0 Å². The van der Waals surface area contributed by atoms with E-state index in [1.165, 1.54) is 16.0 Å². The lowest BCUT2D eigenvalue weighted by Crippen LogP contribution is -3.11. The van der Waals surface area contributed by atoms with E-state index < -0.39 is 0 Å². The number of benzene rings is 2. The van der Waals surface area contributed by atoms with Crippen molar-refractivity contribution in [3.63, 3.8) is 0 Å². The largest absolute Gasteiger partial charge is 0.313 e. The van der Waals surface area contributed by atoms with Gasteiger partial charge in [0.2, 0.25) is 4.77 Å². The first-order valence-corrected chi connectivity index (χ1v) is 9.01. The first-order valence-electron chi connectivity index (χ1n) is 8.60. The Morgan fingerprint density at radius 1 is 1.00 bits per heavy atom. The summed E-state index contributed by atoms with van der Waals surface area (Å²) in [6.07, 6.45) is 3.44. The monoisotopic (exact) mass is 349 g/mol. The molecule has 4 nitrogen and oxygen atoms in total. The number of aromatic nitrogens is 3. The minimum absolute atomic E-state index is 0.615. The number of hydrogen-bond acceptors (Lipinski definition) is 2. The molecule has 0 radical (unpaired) electrons. The van der Waals surface area contributed by atoms with Crippen LogP contribution in [0.15, 0.2) is 66.7 Å². The third-order valence-electron chi connectivity index (χ3n) is 4.64. The summed E-state index contributed by atoms with van der Waals surface area (Å²) in [5.74, 6) is 0.836. The molecule has 2 N–H and O–H groups in total. The smallest absolute Gasteiger partial charge is 0.221 e. The van der Waals surface area contributed by atoms with E-state index in [2.05, 4.69) is 46.5 Å². The average Bonchev–Trinajstić information content (AvgIpc) is 3.04. The van der Waals surface area contributed by atoms with Gasteiger partial charge in [-0.2, -0.15) is 4.98 Å². The summed E-state index contributed by atoms with van der Waals surface area (Å²) in [5, 5.41) is 3.35. The molecule has 0 fully saturated rings. The lowest BCUT2D eigenvalue weighted by molar-refractivity contribution is -0.918. The fourth-order valence-corrected chi connectivity index (χ4v) is 3.46. The standard InChI is InChI=1S/C20H20N4S/c25-20-21-19(18-9-5-2-6-10-18)22-24(20)15-23-13-11-17(12-14-23)16-7-3-1-4-8-16/h1-11H,12-15H2,(H,21,22,25)/p+1. The van der Waals surface area contributed by atoms with Gasteiger partial charge in [-0.25, -0.2) is 4.68 Å². The highest BCUT2D eigenvalue weighted by Gasteiger charge is 2.17. The molecule has 1 aromatic heterocycles.